The third-order valence-electron chi connectivity index (χ3n) is 2.53. The van der Waals surface area contributed by atoms with Gasteiger partial charge in [0.15, 0.2) is 5.65 Å². The summed E-state index contributed by atoms with van der Waals surface area (Å²) in [5.41, 5.74) is 0.764. The van der Waals surface area contributed by atoms with Crippen LogP contribution in [0.2, 0.25) is 5.02 Å². The van der Waals surface area contributed by atoms with Crippen LogP contribution in [0.25, 0.3) is 5.65 Å². The van der Waals surface area contributed by atoms with E-state index in [-0.39, 0.29) is 0 Å². The third-order valence-corrected chi connectivity index (χ3v) is 2.75. The maximum absolute atomic E-state index is 5.88. The molecule has 0 aliphatic rings. The normalized spacial score (nSPS) is 10.9. The highest BCUT2D eigenvalue weighted by molar-refractivity contribution is 6.30. The van der Waals surface area contributed by atoms with Gasteiger partial charge in [0.25, 0.3) is 0 Å². The summed E-state index contributed by atoms with van der Waals surface area (Å²) in [5, 5.41) is 8.05. The fraction of sp³-hybridized carbons (Fsp3) is 0.167. The van der Waals surface area contributed by atoms with Gasteiger partial charge in [0.2, 0.25) is 5.95 Å². The molecular weight excluding hydrogens is 252 g/mol. The predicted octanol–water partition coefficient (Wildman–Crippen LogP) is 2.63. The molecule has 3 aromatic rings. The number of aromatic nitrogens is 3. The van der Waals surface area contributed by atoms with Crippen molar-refractivity contribution in [3.05, 3.63) is 47.5 Å². The molecule has 0 saturated carbocycles. The topological polar surface area (TPSA) is 55.4 Å². The Morgan fingerprint density at radius 2 is 2.28 bits per heavy atom. The van der Waals surface area contributed by atoms with Gasteiger partial charge >= 0.3 is 0 Å². The molecule has 0 amide bonds. The SMILES string of the molecule is Clc1ccc2nc(NCCc3ccco3)nn2c1. The van der Waals surface area contributed by atoms with Crippen molar-refractivity contribution in [2.45, 2.75) is 6.42 Å². The summed E-state index contributed by atoms with van der Waals surface area (Å²) in [6, 6.07) is 7.43. The Balaban J connectivity index is 1.67. The molecule has 0 saturated heterocycles. The summed E-state index contributed by atoms with van der Waals surface area (Å²) in [7, 11) is 0. The van der Waals surface area contributed by atoms with Crippen molar-refractivity contribution >= 4 is 23.2 Å². The number of hydrogen-bond acceptors (Lipinski definition) is 4. The van der Waals surface area contributed by atoms with E-state index in [4.69, 9.17) is 16.0 Å². The van der Waals surface area contributed by atoms with E-state index >= 15 is 0 Å². The molecule has 18 heavy (non-hydrogen) atoms. The molecular formula is C12H11ClN4O. The van der Waals surface area contributed by atoms with E-state index in [9.17, 15) is 0 Å². The highest BCUT2D eigenvalue weighted by atomic mass is 35.5. The zero-order valence-corrected chi connectivity index (χ0v) is 10.3. The number of nitrogens with one attached hydrogen (secondary N) is 1. The Morgan fingerprint density at radius 3 is 3.11 bits per heavy atom. The Bertz CT molecular complexity index is 647. The minimum atomic E-state index is 0.587. The molecule has 0 atom stereocenters. The molecule has 0 bridgehead atoms. The van der Waals surface area contributed by atoms with Gasteiger partial charge in [-0.25, -0.2) is 4.52 Å². The second-order valence-electron chi connectivity index (χ2n) is 3.84. The van der Waals surface area contributed by atoms with E-state index < -0.39 is 0 Å². The number of hydrogen-bond donors (Lipinski definition) is 1. The molecule has 0 radical (unpaired) electrons. The number of rotatable bonds is 4. The molecule has 3 aromatic heterocycles. The van der Waals surface area contributed by atoms with Gasteiger partial charge in [-0.15, -0.1) is 5.10 Å². The monoisotopic (exact) mass is 262 g/mol. The van der Waals surface area contributed by atoms with Gasteiger partial charge in [-0.1, -0.05) is 11.6 Å². The first-order valence-corrected chi connectivity index (χ1v) is 5.97. The van der Waals surface area contributed by atoms with Crippen LogP contribution in [0.5, 0.6) is 0 Å². The maximum Gasteiger partial charge on any atom is 0.243 e. The average Bonchev–Trinajstić information content (AvgIpc) is 2.97. The first kappa shape index (κ1) is 11.1. The van der Waals surface area contributed by atoms with Gasteiger partial charge in [0.1, 0.15) is 5.76 Å². The van der Waals surface area contributed by atoms with Crippen LogP contribution >= 0.6 is 11.6 Å². The van der Waals surface area contributed by atoms with Crippen molar-refractivity contribution in [2.24, 2.45) is 0 Å². The lowest BCUT2D eigenvalue weighted by molar-refractivity contribution is 0.512. The van der Waals surface area contributed by atoms with Crippen molar-refractivity contribution in [3.63, 3.8) is 0 Å². The molecule has 0 aliphatic heterocycles. The van der Waals surface area contributed by atoms with Crippen LogP contribution in [0.3, 0.4) is 0 Å². The lowest BCUT2D eigenvalue weighted by atomic mass is 10.3. The standard InChI is InChI=1S/C12H11ClN4O/c13-9-3-4-11-15-12(16-17(11)8-9)14-6-5-10-2-1-7-18-10/h1-4,7-8H,5-6H2,(H,14,16). The molecule has 0 aliphatic carbocycles. The predicted molar refractivity (Wildman–Crippen MR) is 68.9 cm³/mol. The van der Waals surface area contributed by atoms with Crippen LogP contribution in [-0.4, -0.2) is 21.1 Å². The summed E-state index contributed by atoms with van der Waals surface area (Å²) in [5.74, 6) is 1.53. The fourth-order valence-electron chi connectivity index (χ4n) is 1.69. The molecule has 6 heteroatoms. The van der Waals surface area contributed by atoms with Crippen molar-refractivity contribution in [3.8, 4) is 0 Å². The zero-order valence-electron chi connectivity index (χ0n) is 9.51. The number of pyridine rings is 1. The first-order chi connectivity index (χ1) is 8.81. The number of nitrogens with zero attached hydrogens (tertiary/aromatic N) is 3. The Labute approximate surface area is 108 Å². The summed E-state index contributed by atoms with van der Waals surface area (Å²) in [4.78, 5) is 4.32. The second kappa shape index (κ2) is 4.70. The zero-order chi connectivity index (χ0) is 12.4. The van der Waals surface area contributed by atoms with Gasteiger partial charge < -0.3 is 9.73 Å². The van der Waals surface area contributed by atoms with Crippen molar-refractivity contribution < 1.29 is 4.42 Å². The second-order valence-corrected chi connectivity index (χ2v) is 4.28. The smallest absolute Gasteiger partial charge is 0.243 e. The van der Waals surface area contributed by atoms with Gasteiger partial charge in [-0.2, -0.15) is 4.98 Å². The molecule has 0 fully saturated rings. The molecule has 3 rings (SSSR count). The van der Waals surface area contributed by atoms with Gasteiger partial charge in [-0.05, 0) is 24.3 Å². The minimum Gasteiger partial charge on any atom is -0.469 e. The van der Waals surface area contributed by atoms with Crippen molar-refractivity contribution in [1.82, 2.24) is 14.6 Å². The van der Waals surface area contributed by atoms with E-state index in [0.717, 1.165) is 24.4 Å². The lowest BCUT2D eigenvalue weighted by Crippen LogP contribution is -2.05. The molecule has 92 valence electrons. The summed E-state index contributed by atoms with van der Waals surface area (Å²) in [6.45, 7) is 0.720. The van der Waals surface area contributed by atoms with Gasteiger partial charge in [0.05, 0.1) is 11.3 Å². The van der Waals surface area contributed by atoms with E-state index in [1.54, 1.807) is 23.0 Å². The number of halogens is 1. The van der Waals surface area contributed by atoms with Gasteiger partial charge in [0, 0.05) is 19.2 Å². The molecule has 0 spiro atoms. The van der Waals surface area contributed by atoms with Gasteiger partial charge in [-0.3, -0.25) is 0 Å². The summed E-state index contributed by atoms with van der Waals surface area (Å²) < 4.78 is 6.89. The third kappa shape index (κ3) is 2.31. The number of anilines is 1. The number of furan rings is 1. The highest BCUT2D eigenvalue weighted by Crippen LogP contribution is 2.11. The summed E-state index contributed by atoms with van der Waals surface area (Å²) in [6.07, 6.45) is 4.19. The van der Waals surface area contributed by atoms with Crippen LogP contribution in [0.1, 0.15) is 5.76 Å². The van der Waals surface area contributed by atoms with E-state index in [1.165, 1.54) is 0 Å². The van der Waals surface area contributed by atoms with Crippen molar-refractivity contribution in [2.75, 3.05) is 11.9 Å². The molecule has 1 N–H and O–H groups in total. The van der Waals surface area contributed by atoms with Crippen LogP contribution in [0.4, 0.5) is 5.95 Å². The van der Waals surface area contributed by atoms with Crippen LogP contribution < -0.4 is 5.32 Å². The maximum atomic E-state index is 5.88. The Hall–Kier alpha value is -2.01. The van der Waals surface area contributed by atoms with Crippen LogP contribution in [0.15, 0.2) is 41.1 Å². The van der Waals surface area contributed by atoms with Crippen LogP contribution in [-0.2, 0) is 6.42 Å². The quantitative estimate of drug-likeness (QED) is 0.785. The molecule has 3 heterocycles. The van der Waals surface area contributed by atoms with E-state index in [2.05, 4.69) is 15.4 Å². The number of fused-ring (bicyclic) bond motifs is 1. The van der Waals surface area contributed by atoms with E-state index in [1.807, 2.05) is 18.2 Å². The summed E-state index contributed by atoms with van der Waals surface area (Å²) >= 11 is 5.88. The largest absolute Gasteiger partial charge is 0.469 e. The molecule has 5 nitrogen and oxygen atoms in total. The molecule has 0 aromatic carbocycles. The lowest BCUT2D eigenvalue weighted by Gasteiger charge is -1.98. The average molecular weight is 263 g/mol. The van der Waals surface area contributed by atoms with E-state index in [0.29, 0.717) is 11.0 Å². The minimum absolute atomic E-state index is 0.587. The highest BCUT2D eigenvalue weighted by Gasteiger charge is 2.03. The Morgan fingerprint density at radius 1 is 1.33 bits per heavy atom. The van der Waals surface area contributed by atoms with Crippen molar-refractivity contribution in [1.29, 1.82) is 0 Å². The Kier molecular flexibility index (Phi) is 2.90. The van der Waals surface area contributed by atoms with Crippen LogP contribution in [0, 0.1) is 0 Å². The fourth-order valence-corrected chi connectivity index (χ4v) is 1.84. The molecule has 0 unspecified atom stereocenters. The first-order valence-electron chi connectivity index (χ1n) is 5.59.